The number of nitrogens with one attached hydrogen (secondary N) is 1. The molecule has 0 saturated carbocycles. The molecule has 1 amide bonds. The Bertz CT molecular complexity index is 474. The average Bonchev–Trinajstić information content (AvgIpc) is 2.48. The summed E-state index contributed by atoms with van der Waals surface area (Å²) in [5.41, 5.74) is 0.809. The highest BCUT2D eigenvalue weighted by Gasteiger charge is 2.18. The third kappa shape index (κ3) is 5.57. The van der Waals surface area contributed by atoms with Crippen LogP contribution in [0.4, 0.5) is 8.78 Å². The summed E-state index contributed by atoms with van der Waals surface area (Å²) in [4.78, 5) is 13.8. The first-order chi connectivity index (χ1) is 10.5. The van der Waals surface area contributed by atoms with Crippen LogP contribution in [0.15, 0.2) is 24.3 Å². The van der Waals surface area contributed by atoms with Crippen LogP contribution >= 0.6 is 0 Å². The molecule has 5 nitrogen and oxygen atoms in total. The minimum atomic E-state index is -2.84. The molecule has 1 aliphatic rings. The number of benzene rings is 1. The Balaban J connectivity index is 1.71. The van der Waals surface area contributed by atoms with Gasteiger partial charge < -0.3 is 15.2 Å². The Morgan fingerprint density at radius 2 is 1.95 bits per heavy atom. The Labute approximate surface area is 127 Å². The molecule has 0 radical (unpaired) electrons. The van der Waals surface area contributed by atoms with Crippen LogP contribution < -0.4 is 10.1 Å². The van der Waals surface area contributed by atoms with E-state index in [1.54, 1.807) is 12.1 Å². The number of amides is 1. The third-order valence-electron chi connectivity index (χ3n) is 3.56. The van der Waals surface area contributed by atoms with Gasteiger partial charge in [-0.1, -0.05) is 12.1 Å². The fraction of sp³-hybridized carbons (Fsp3) is 0.533. The summed E-state index contributed by atoms with van der Waals surface area (Å²) in [6.07, 6.45) is 1.13. The molecule has 1 fully saturated rings. The first-order valence-electron chi connectivity index (χ1n) is 7.24. The lowest BCUT2D eigenvalue weighted by atomic mass is 10.1. The Morgan fingerprint density at radius 1 is 1.32 bits per heavy atom. The summed E-state index contributed by atoms with van der Waals surface area (Å²) >= 11 is 0. The first kappa shape index (κ1) is 16.6. The number of piperidine rings is 1. The lowest BCUT2D eigenvalue weighted by molar-refractivity contribution is -0.123. The lowest BCUT2D eigenvalue weighted by Crippen LogP contribution is -2.42. The molecule has 22 heavy (non-hydrogen) atoms. The van der Waals surface area contributed by atoms with Crippen molar-refractivity contribution in [2.75, 3.05) is 19.6 Å². The van der Waals surface area contributed by atoms with Crippen LogP contribution in [-0.2, 0) is 11.3 Å². The number of carbonyl (C=O) groups is 1. The van der Waals surface area contributed by atoms with Crippen LogP contribution in [0.3, 0.4) is 0 Å². The molecule has 1 saturated heterocycles. The number of rotatable bonds is 6. The molecular formula is C15H20F2N2O3. The molecule has 0 aliphatic carbocycles. The summed E-state index contributed by atoms with van der Waals surface area (Å²) in [6.45, 7) is -0.764. The van der Waals surface area contributed by atoms with Gasteiger partial charge in [0.2, 0.25) is 5.91 Å². The quantitative estimate of drug-likeness (QED) is 0.832. The molecule has 0 atom stereocenters. The van der Waals surface area contributed by atoms with Gasteiger partial charge in [0.05, 0.1) is 12.6 Å². The minimum Gasteiger partial charge on any atom is -0.435 e. The van der Waals surface area contributed by atoms with E-state index in [0.29, 0.717) is 39.0 Å². The number of likely N-dealkylation sites (tertiary alicyclic amines) is 1. The molecule has 0 aromatic heterocycles. The number of ether oxygens (including phenoxy) is 1. The molecule has 7 heteroatoms. The van der Waals surface area contributed by atoms with Gasteiger partial charge in [-0.05, 0) is 30.5 Å². The summed E-state index contributed by atoms with van der Waals surface area (Å²) in [6, 6.07) is 6.16. The van der Waals surface area contributed by atoms with Crippen molar-refractivity contribution < 1.29 is 23.4 Å². The second kappa shape index (κ2) is 8.05. The number of alkyl halides is 2. The Hall–Kier alpha value is -1.73. The largest absolute Gasteiger partial charge is 0.435 e. The second-order valence-electron chi connectivity index (χ2n) is 5.31. The molecule has 0 spiro atoms. The zero-order valence-electron chi connectivity index (χ0n) is 12.2. The van der Waals surface area contributed by atoms with E-state index in [9.17, 15) is 18.7 Å². The summed E-state index contributed by atoms with van der Waals surface area (Å²) in [5, 5.41) is 12.2. The maximum absolute atomic E-state index is 12.0. The van der Waals surface area contributed by atoms with Crippen molar-refractivity contribution in [3.05, 3.63) is 29.8 Å². The molecular weight excluding hydrogens is 294 g/mol. The van der Waals surface area contributed by atoms with Gasteiger partial charge in [0, 0.05) is 19.6 Å². The predicted octanol–water partition coefficient (Wildman–Crippen LogP) is 1.36. The van der Waals surface area contributed by atoms with Crippen molar-refractivity contribution >= 4 is 5.91 Å². The maximum Gasteiger partial charge on any atom is 0.387 e. The molecule has 2 N–H and O–H groups in total. The molecule has 1 aromatic rings. The number of nitrogens with zero attached hydrogens (tertiary/aromatic N) is 1. The van der Waals surface area contributed by atoms with E-state index in [-0.39, 0.29) is 17.8 Å². The maximum atomic E-state index is 12.0. The summed E-state index contributed by atoms with van der Waals surface area (Å²) < 4.78 is 28.3. The predicted molar refractivity (Wildman–Crippen MR) is 76.6 cm³/mol. The van der Waals surface area contributed by atoms with E-state index in [4.69, 9.17) is 0 Å². The van der Waals surface area contributed by atoms with E-state index in [1.165, 1.54) is 12.1 Å². The van der Waals surface area contributed by atoms with Crippen LogP contribution in [0, 0.1) is 0 Å². The minimum absolute atomic E-state index is 0.0932. The van der Waals surface area contributed by atoms with Gasteiger partial charge in [-0.3, -0.25) is 9.69 Å². The highest BCUT2D eigenvalue weighted by molar-refractivity contribution is 5.78. The van der Waals surface area contributed by atoms with Crippen molar-refractivity contribution in [2.24, 2.45) is 0 Å². The smallest absolute Gasteiger partial charge is 0.387 e. The molecule has 1 aliphatic heterocycles. The van der Waals surface area contributed by atoms with E-state index in [2.05, 4.69) is 10.1 Å². The van der Waals surface area contributed by atoms with Gasteiger partial charge in [-0.25, -0.2) is 0 Å². The van der Waals surface area contributed by atoms with Crippen molar-refractivity contribution in [3.8, 4) is 5.75 Å². The zero-order chi connectivity index (χ0) is 15.9. The van der Waals surface area contributed by atoms with Gasteiger partial charge in [-0.15, -0.1) is 0 Å². The highest BCUT2D eigenvalue weighted by Crippen LogP contribution is 2.14. The standard InChI is InChI=1S/C15H20F2N2O3/c16-15(17)22-13-3-1-11(2-4-13)9-18-14(21)10-19-7-5-12(20)6-8-19/h1-4,12,15,20H,5-10H2,(H,18,21). The topological polar surface area (TPSA) is 61.8 Å². The average molecular weight is 314 g/mol. The Kier molecular flexibility index (Phi) is 6.09. The SMILES string of the molecule is O=C(CN1CCC(O)CC1)NCc1ccc(OC(F)F)cc1. The van der Waals surface area contributed by atoms with E-state index in [1.807, 2.05) is 4.90 Å². The molecule has 0 unspecified atom stereocenters. The molecule has 2 rings (SSSR count). The van der Waals surface area contributed by atoms with Gasteiger partial charge in [0.15, 0.2) is 0 Å². The van der Waals surface area contributed by atoms with Crippen LogP contribution in [0.25, 0.3) is 0 Å². The van der Waals surface area contributed by atoms with Crippen molar-refractivity contribution in [2.45, 2.75) is 32.1 Å². The van der Waals surface area contributed by atoms with Crippen LogP contribution in [0.2, 0.25) is 0 Å². The molecule has 122 valence electrons. The Morgan fingerprint density at radius 3 is 2.55 bits per heavy atom. The zero-order valence-corrected chi connectivity index (χ0v) is 12.2. The van der Waals surface area contributed by atoms with E-state index >= 15 is 0 Å². The van der Waals surface area contributed by atoms with Gasteiger partial charge in [-0.2, -0.15) is 8.78 Å². The monoisotopic (exact) mass is 314 g/mol. The van der Waals surface area contributed by atoms with Crippen molar-refractivity contribution in [1.82, 2.24) is 10.2 Å². The number of halogens is 2. The number of aliphatic hydroxyl groups is 1. The van der Waals surface area contributed by atoms with Crippen LogP contribution in [0.1, 0.15) is 18.4 Å². The normalized spacial score (nSPS) is 16.7. The van der Waals surface area contributed by atoms with Crippen LogP contribution in [0.5, 0.6) is 5.75 Å². The van der Waals surface area contributed by atoms with Gasteiger partial charge in [0.1, 0.15) is 5.75 Å². The van der Waals surface area contributed by atoms with E-state index in [0.717, 1.165) is 5.56 Å². The van der Waals surface area contributed by atoms with Gasteiger partial charge in [0.25, 0.3) is 0 Å². The number of aliphatic hydroxyl groups excluding tert-OH is 1. The van der Waals surface area contributed by atoms with Gasteiger partial charge >= 0.3 is 6.61 Å². The van der Waals surface area contributed by atoms with Crippen LogP contribution in [-0.4, -0.2) is 48.3 Å². The van der Waals surface area contributed by atoms with E-state index < -0.39 is 6.61 Å². The molecule has 0 bridgehead atoms. The van der Waals surface area contributed by atoms with Crippen molar-refractivity contribution in [3.63, 3.8) is 0 Å². The third-order valence-corrected chi connectivity index (χ3v) is 3.56. The molecule has 1 heterocycles. The molecule has 1 aromatic carbocycles. The number of carbonyl (C=O) groups excluding carboxylic acids is 1. The fourth-order valence-corrected chi connectivity index (χ4v) is 2.33. The second-order valence-corrected chi connectivity index (χ2v) is 5.31. The summed E-state index contributed by atoms with van der Waals surface area (Å²) in [7, 11) is 0. The first-order valence-corrected chi connectivity index (χ1v) is 7.24. The lowest BCUT2D eigenvalue weighted by Gasteiger charge is -2.28. The summed E-state index contributed by atoms with van der Waals surface area (Å²) in [5.74, 6) is 0.00116. The number of hydrogen-bond donors (Lipinski definition) is 2. The highest BCUT2D eigenvalue weighted by atomic mass is 19.3. The number of hydrogen-bond acceptors (Lipinski definition) is 4. The van der Waals surface area contributed by atoms with Crippen molar-refractivity contribution in [1.29, 1.82) is 0 Å². The fourth-order valence-electron chi connectivity index (χ4n) is 2.33.